The van der Waals surface area contributed by atoms with Crippen LogP contribution in [0, 0.1) is 0 Å². The number of nitrogens with zero attached hydrogens (tertiary/aromatic N) is 1. The Morgan fingerprint density at radius 2 is 1.87 bits per heavy atom. The van der Waals surface area contributed by atoms with Crippen molar-refractivity contribution in [3.8, 4) is 28.1 Å². The first-order valence-electron chi connectivity index (χ1n) is 6.89. The lowest BCUT2D eigenvalue weighted by Gasteiger charge is -2.08. The van der Waals surface area contributed by atoms with Gasteiger partial charge in [0, 0.05) is 22.3 Å². The molecule has 1 aliphatic carbocycles. The molecule has 0 amide bonds. The second kappa shape index (κ2) is 5.92. The van der Waals surface area contributed by atoms with E-state index < -0.39 is 12.6 Å². The molecule has 23 heavy (non-hydrogen) atoms. The van der Waals surface area contributed by atoms with Gasteiger partial charge >= 0.3 is 5.97 Å². The van der Waals surface area contributed by atoms with E-state index in [1.165, 1.54) is 13.2 Å². The third-order valence-electron chi connectivity index (χ3n) is 3.44. The molecule has 0 unspecified atom stereocenters. The maximum atomic E-state index is 11.6. The van der Waals surface area contributed by atoms with E-state index in [1.54, 1.807) is 30.3 Å². The van der Waals surface area contributed by atoms with E-state index in [2.05, 4.69) is 5.16 Å². The van der Waals surface area contributed by atoms with Gasteiger partial charge in [0.15, 0.2) is 12.4 Å². The molecule has 6 heteroatoms. The van der Waals surface area contributed by atoms with Gasteiger partial charge in [0.25, 0.3) is 0 Å². The number of rotatable bonds is 5. The Morgan fingerprint density at radius 3 is 2.52 bits per heavy atom. The fraction of sp³-hybridized carbons (Fsp3) is 0.118. The van der Waals surface area contributed by atoms with Crippen LogP contribution in [0.4, 0.5) is 0 Å². The van der Waals surface area contributed by atoms with Crippen LogP contribution in [-0.2, 0) is 4.79 Å². The molecular formula is C17H13NO5. The molecule has 6 nitrogen and oxygen atoms in total. The van der Waals surface area contributed by atoms with E-state index in [4.69, 9.17) is 14.4 Å². The molecule has 2 aliphatic rings. The highest BCUT2D eigenvalue weighted by Crippen LogP contribution is 2.36. The third kappa shape index (κ3) is 2.91. The molecule has 0 spiro atoms. The third-order valence-corrected chi connectivity index (χ3v) is 3.44. The van der Waals surface area contributed by atoms with Crippen molar-refractivity contribution in [2.45, 2.75) is 6.92 Å². The predicted octanol–water partition coefficient (Wildman–Crippen LogP) is 3.11. The number of aliphatic carboxylic acids is 1. The minimum Gasteiger partial charge on any atom is -0.482 e. The molecule has 1 aromatic rings. The number of ketones is 1. The lowest BCUT2D eigenvalue weighted by atomic mass is 10.0. The van der Waals surface area contributed by atoms with Crippen LogP contribution in [0.1, 0.15) is 17.3 Å². The molecule has 0 saturated heterocycles. The zero-order valence-electron chi connectivity index (χ0n) is 12.3. The Morgan fingerprint density at radius 1 is 1.13 bits per heavy atom. The van der Waals surface area contributed by atoms with Gasteiger partial charge < -0.3 is 14.4 Å². The van der Waals surface area contributed by atoms with Crippen molar-refractivity contribution in [3.05, 3.63) is 48.2 Å². The van der Waals surface area contributed by atoms with E-state index in [-0.39, 0.29) is 5.78 Å². The standard InChI is InChI=1S/C17H13NO5/c1-10(19)13-6-7-14-15(13)8-23-18-17(14)11-2-4-12(5-3-11)22-9-16(20)21/h2-8H,9H2,1H3,(H,20,21). The fourth-order valence-electron chi connectivity index (χ4n) is 2.38. The Kier molecular flexibility index (Phi) is 3.80. The summed E-state index contributed by atoms with van der Waals surface area (Å²) in [5.74, 6) is -0.621. The number of hydrogen-bond donors (Lipinski definition) is 1. The molecule has 0 aromatic heterocycles. The molecule has 1 aromatic carbocycles. The minimum atomic E-state index is -1.03. The zero-order chi connectivity index (χ0) is 16.4. The summed E-state index contributed by atoms with van der Waals surface area (Å²) in [7, 11) is 0. The van der Waals surface area contributed by atoms with Crippen molar-refractivity contribution in [2.24, 2.45) is 0 Å². The summed E-state index contributed by atoms with van der Waals surface area (Å²) < 4.78 is 10.2. The highest BCUT2D eigenvalue weighted by atomic mass is 16.5. The molecule has 3 rings (SSSR count). The van der Waals surface area contributed by atoms with Crippen LogP contribution >= 0.6 is 0 Å². The molecule has 116 valence electrons. The van der Waals surface area contributed by atoms with E-state index in [9.17, 15) is 9.59 Å². The zero-order valence-corrected chi connectivity index (χ0v) is 12.3. The largest absolute Gasteiger partial charge is 0.482 e. The summed E-state index contributed by atoms with van der Waals surface area (Å²) in [6.07, 6.45) is 1.46. The molecule has 0 fully saturated rings. The summed E-state index contributed by atoms with van der Waals surface area (Å²) in [4.78, 5) is 22.1. The van der Waals surface area contributed by atoms with Crippen molar-refractivity contribution in [2.75, 3.05) is 6.61 Å². The first-order chi connectivity index (χ1) is 11.1. The molecular weight excluding hydrogens is 298 g/mol. The number of carbonyl (C=O) groups excluding carboxylic acids is 1. The fourth-order valence-corrected chi connectivity index (χ4v) is 2.38. The van der Waals surface area contributed by atoms with Crippen LogP contribution in [-0.4, -0.2) is 28.6 Å². The van der Waals surface area contributed by atoms with E-state index >= 15 is 0 Å². The summed E-state index contributed by atoms with van der Waals surface area (Å²) in [6, 6.07) is 10.4. The topological polar surface area (TPSA) is 89.6 Å². The van der Waals surface area contributed by atoms with Gasteiger partial charge in [-0.25, -0.2) is 4.79 Å². The number of carboxylic acids is 1. The van der Waals surface area contributed by atoms with Gasteiger partial charge in [-0.2, -0.15) is 0 Å². The van der Waals surface area contributed by atoms with Gasteiger partial charge in [-0.3, -0.25) is 4.79 Å². The average Bonchev–Trinajstić information content (AvgIpc) is 2.97. The monoisotopic (exact) mass is 311 g/mol. The minimum absolute atomic E-state index is 0.0373. The maximum Gasteiger partial charge on any atom is 0.341 e. The number of benzene rings is 1. The van der Waals surface area contributed by atoms with Crippen LogP contribution < -0.4 is 4.74 Å². The van der Waals surface area contributed by atoms with Crippen LogP contribution in [0.5, 0.6) is 5.75 Å². The average molecular weight is 311 g/mol. The van der Waals surface area contributed by atoms with Crippen molar-refractivity contribution in [1.29, 1.82) is 0 Å². The van der Waals surface area contributed by atoms with E-state index in [1.807, 2.05) is 6.07 Å². The number of ether oxygens (including phenoxy) is 1. The first kappa shape index (κ1) is 14.8. The van der Waals surface area contributed by atoms with Crippen molar-refractivity contribution >= 4 is 11.8 Å². The number of Topliss-reactive ketones (excluding diaryl/α,β-unsaturated/α-hetero) is 1. The summed E-state index contributed by atoms with van der Waals surface area (Å²) in [5.41, 5.74) is 3.52. The molecule has 0 atom stereocenters. The molecule has 0 radical (unpaired) electrons. The highest BCUT2D eigenvalue weighted by molar-refractivity contribution is 6.03. The van der Waals surface area contributed by atoms with Gasteiger partial charge in [0.05, 0.1) is 0 Å². The highest BCUT2D eigenvalue weighted by Gasteiger charge is 2.19. The lowest BCUT2D eigenvalue weighted by molar-refractivity contribution is -0.139. The molecule has 1 aliphatic heterocycles. The van der Waals surface area contributed by atoms with Gasteiger partial charge in [0.2, 0.25) is 0 Å². The number of fused-ring (bicyclic) bond motifs is 1. The second-order valence-corrected chi connectivity index (χ2v) is 5.00. The Hall–Kier alpha value is -3.15. The predicted molar refractivity (Wildman–Crippen MR) is 81.7 cm³/mol. The van der Waals surface area contributed by atoms with Crippen LogP contribution in [0.25, 0.3) is 22.4 Å². The van der Waals surface area contributed by atoms with E-state index in [0.29, 0.717) is 22.6 Å². The number of carboxylic acid groups (broad SMARTS) is 1. The smallest absolute Gasteiger partial charge is 0.341 e. The number of aromatic nitrogens is 1. The molecule has 0 saturated carbocycles. The van der Waals surface area contributed by atoms with Crippen LogP contribution in [0.3, 0.4) is 0 Å². The summed E-state index contributed by atoms with van der Waals surface area (Å²) in [5, 5.41) is 12.6. The molecule has 1 heterocycles. The number of carbonyl (C=O) groups is 2. The normalized spacial score (nSPS) is 10.7. The van der Waals surface area contributed by atoms with Gasteiger partial charge in [0.1, 0.15) is 17.7 Å². The van der Waals surface area contributed by atoms with Crippen molar-refractivity contribution < 1.29 is 24.0 Å². The Bertz CT molecular complexity index is 835. The Labute approximate surface area is 131 Å². The number of hydrogen-bond acceptors (Lipinski definition) is 5. The summed E-state index contributed by atoms with van der Waals surface area (Å²) >= 11 is 0. The molecule has 1 N–H and O–H groups in total. The quantitative estimate of drug-likeness (QED) is 0.728. The van der Waals surface area contributed by atoms with Crippen molar-refractivity contribution in [3.63, 3.8) is 0 Å². The van der Waals surface area contributed by atoms with E-state index in [0.717, 1.165) is 11.1 Å². The van der Waals surface area contributed by atoms with Crippen molar-refractivity contribution in [1.82, 2.24) is 5.16 Å². The van der Waals surface area contributed by atoms with Gasteiger partial charge in [-0.1, -0.05) is 11.2 Å². The Balaban J connectivity index is 1.92. The summed E-state index contributed by atoms with van der Waals surface area (Å²) in [6.45, 7) is 1.11. The maximum absolute atomic E-state index is 11.6. The lowest BCUT2D eigenvalue weighted by Crippen LogP contribution is -2.09. The second-order valence-electron chi connectivity index (χ2n) is 5.00. The van der Waals surface area contributed by atoms with Gasteiger partial charge in [-0.15, -0.1) is 0 Å². The van der Waals surface area contributed by atoms with Gasteiger partial charge in [-0.05, 0) is 37.3 Å². The van der Waals surface area contributed by atoms with Crippen LogP contribution in [0.15, 0.2) is 47.2 Å². The van der Waals surface area contributed by atoms with Crippen LogP contribution in [0.2, 0.25) is 0 Å². The molecule has 0 bridgehead atoms. The SMILES string of the molecule is CC(=O)c1ccc2c(-c3ccc(OCC(=O)O)cc3)nocc1-2. The first-order valence-corrected chi connectivity index (χ1v) is 6.89.